The Morgan fingerprint density at radius 2 is 1.53 bits per heavy atom. The van der Waals surface area contributed by atoms with Gasteiger partial charge in [-0.3, -0.25) is 13.9 Å². The third-order valence-corrected chi connectivity index (χ3v) is 7.35. The molecule has 36 heavy (non-hydrogen) atoms. The van der Waals surface area contributed by atoms with Crippen LogP contribution in [0.2, 0.25) is 20.1 Å². The van der Waals surface area contributed by atoms with E-state index >= 15 is 0 Å². The first kappa shape index (κ1) is 30.5. The summed E-state index contributed by atoms with van der Waals surface area (Å²) in [7, 11) is -3.94. The second-order valence-electron chi connectivity index (χ2n) is 9.29. The third-order valence-electron chi connectivity index (χ3n) is 5.10. The lowest BCUT2D eigenvalue weighted by atomic mass is 10.1. The van der Waals surface area contributed by atoms with Gasteiger partial charge in [-0.05, 0) is 63.1 Å². The highest BCUT2D eigenvalue weighted by Gasteiger charge is 2.33. The monoisotopic (exact) mass is 595 g/mol. The van der Waals surface area contributed by atoms with Crippen molar-refractivity contribution in [3.8, 4) is 0 Å². The first-order chi connectivity index (χ1) is 16.5. The van der Waals surface area contributed by atoms with Crippen LogP contribution in [0.1, 0.15) is 39.7 Å². The summed E-state index contributed by atoms with van der Waals surface area (Å²) in [5, 5.41) is 3.99. The number of anilines is 1. The molecule has 2 rings (SSSR count). The molecule has 0 spiro atoms. The number of rotatable bonds is 9. The molecule has 2 amide bonds. The maximum absolute atomic E-state index is 13.7. The fourth-order valence-corrected chi connectivity index (χ4v) is 5.37. The number of nitrogens with zero attached hydrogens (tertiary/aromatic N) is 2. The summed E-state index contributed by atoms with van der Waals surface area (Å²) in [5.74, 6) is -0.993. The number of sulfonamides is 1. The van der Waals surface area contributed by atoms with Crippen molar-refractivity contribution < 1.29 is 18.0 Å². The Bertz CT molecular complexity index is 1230. The molecule has 1 N–H and O–H groups in total. The maximum Gasteiger partial charge on any atom is 0.244 e. The second kappa shape index (κ2) is 12.2. The molecule has 0 aliphatic carbocycles. The summed E-state index contributed by atoms with van der Waals surface area (Å²) in [6, 6.07) is 8.20. The molecule has 1 atom stereocenters. The van der Waals surface area contributed by atoms with Gasteiger partial charge in [0.2, 0.25) is 21.8 Å². The van der Waals surface area contributed by atoms with E-state index in [4.69, 9.17) is 46.4 Å². The average Bonchev–Trinajstić information content (AvgIpc) is 2.71. The van der Waals surface area contributed by atoms with Gasteiger partial charge in [0.15, 0.2) is 0 Å². The van der Waals surface area contributed by atoms with E-state index in [2.05, 4.69) is 5.32 Å². The van der Waals surface area contributed by atoms with Gasteiger partial charge >= 0.3 is 0 Å². The van der Waals surface area contributed by atoms with Crippen molar-refractivity contribution in [3.63, 3.8) is 0 Å². The summed E-state index contributed by atoms with van der Waals surface area (Å²) in [4.78, 5) is 28.2. The van der Waals surface area contributed by atoms with E-state index in [0.717, 1.165) is 10.6 Å². The van der Waals surface area contributed by atoms with Crippen molar-refractivity contribution in [2.24, 2.45) is 0 Å². The molecule has 0 saturated heterocycles. The van der Waals surface area contributed by atoms with Gasteiger partial charge < -0.3 is 10.2 Å². The van der Waals surface area contributed by atoms with Gasteiger partial charge in [-0.2, -0.15) is 0 Å². The molecule has 2 aromatic rings. The van der Waals surface area contributed by atoms with Crippen LogP contribution in [0.5, 0.6) is 0 Å². The summed E-state index contributed by atoms with van der Waals surface area (Å²) >= 11 is 24.6. The Balaban J connectivity index is 2.53. The molecule has 0 heterocycles. The first-order valence-corrected chi connectivity index (χ1v) is 14.4. The molecule has 12 heteroatoms. The lowest BCUT2D eigenvalue weighted by Gasteiger charge is -2.34. The topological polar surface area (TPSA) is 86.8 Å². The standard InChI is InChI=1S/C24H29Cl4N3O4S/c1-6-20(23(33)29-24(2,3)4)30(13-15-7-8-16(25)11-18(15)27)22(32)14-31(36(5,34)35)21-10-9-17(26)12-19(21)28/h7-12,20H,6,13-14H2,1-5H3,(H,29,33). The molecule has 0 fully saturated rings. The molecule has 2 aromatic carbocycles. The van der Waals surface area contributed by atoms with Crippen LogP contribution in [0.3, 0.4) is 0 Å². The summed E-state index contributed by atoms with van der Waals surface area (Å²) in [6.45, 7) is 6.61. The number of carbonyl (C=O) groups excluding carboxylic acids is 2. The zero-order chi connectivity index (χ0) is 27.4. The van der Waals surface area contributed by atoms with Gasteiger partial charge in [-0.25, -0.2) is 8.42 Å². The molecule has 0 aromatic heterocycles. The fourth-order valence-electron chi connectivity index (χ4n) is 3.48. The van der Waals surface area contributed by atoms with Crippen molar-refractivity contribution in [1.82, 2.24) is 10.2 Å². The van der Waals surface area contributed by atoms with Crippen LogP contribution in [-0.2, 0) is 26.2 Å². The largest absolute Gasteiger partial charge is 0.350 e. The Kier molecular flexibility index (Phi) is 10.4. The number of hydrogen-bond acceptors (Lipinski definition) is 4. The summed E-state index contributed by atoms with van der Waals surface area (Å²) in [6.07, 6.45) is 1.24. The molecular weight excluding hydrogens is 568 g/mol. The lowest BCUT2D eigenvalue weighted by Crippen LogP contribution is -2.55. The second-order valence-corrected chi connectivity index (χ2v) is 12.9. The molecule has 1 unspecified atom stereocenters. The summed E-state index contributed by atoms with van der Waals surface area (Å²) in [5.41, 5.74) is 0.0905. The third kappa shape index (κ3) is 8.42. The molecule has 0 bridgehead atoms. The first-order valence-electron chi connectivity index (χ1n) is 11.0. The van der Waals surface area contributed by atoms with Gasteiger partial charge in [0.1, 0.15) is 12.6 Å². The minimum Gasteiger partial charge on any atom is -0.350 e. The fraction of sp³-hybridized carbons (Fsp3) is 0.417. The van der Waals surface area contributed by atoms with Crippen molar-refractivity contribution >= 4 is 73.9 Å². The van der Waals surface area contributed by atoms with Crippen LogP contribution in [0.4, 0.5) is 5.69 Å². The number of amides is 2. The molecule has 0 radical (unpaired) electrons. The molecule has 7 nitrogen and oxygen atoms in total. The zero-order valence-corrected chi connectivity index (χ0v) is 24.5. The minimum atomic E-state index is -3.94. The minimum absolute atomic E-state index is 0.0448. The number of nitrogens with one attached hydrogen (secondary N) is 1. The van der Waals surface area contributed by atoms with E-state index in [1.165, 1.54) is 29.2 Å². The molecule has 0 aliphatic rings. The Morgan fingerprint density at radius 1 is 0.972 bits per heavy atom. The smallest absolute Gasteiger partial charge is 0.244 e. The van der Waals surface area contributed by atoms with Gasteiger partial charge in [0.05, 0.1) is 17.0 Å². The van der Waals surface area contributed by atoms with Crippen molar-refractivity contribution in [3.05, 3.63) is 62.1 Å². The zero-order valence-electron chi connectivity index (χ0n) is 20.6. The highest BCUT2D eigenvalue weighted by molar-refractivity contribution is 7.92. The highest BCUT2D eigenvalue weighted by Crippen LogP contribution is 2.31. The van der Waals surface area contributed by atoms with Crippen LogP contribution >= 0.6 is 46.4 Å². The van der Waals surface area contributed by atoms with Gasteiger partial charge in [0, 0.05) is 27.2 Å². The van der Waals surface area contributed by atoms with E-state index in [-0.39, 0.29) is 29.6 Å². The molecule has 198 valence electrons. The van der Waals surface area contributed by atoms with E-state index in [9.17, 15) is 18.0 Å². The Morgan fingerprint density at radius 3 is 2.00 bits per heavy atom. The normalized spacial score (nSPS) is 12.7. The summed E-state index contributed by atoms with van der Waals surface area (Å²) < 4.78 is 26.3. The number of hydrogen-bond donors (Lipinski definition) is 1. The number of benzene rings is 2. The van der Waals surface area contributed by atoms with Crippen molar-refractivity contribution in [1.29, 1.82) is 0 Å². The number of halogens is 4. The predicted octanol–water partition coefficient (Wildman–Crippen LogP) is 5.79. The quantitative estimate of drug-likeness (QED) is 0.397. The van der Waals surface area contributed by atoms with E-state index in [1.807, 2.05) is 20.8 Å². The van der Waals surface area contributed by atoms with Crippen LogP contribution < -0.4 is 9.62 Å². The van der Waals surface area contributed by atoms with Gasteiger partial charge in [0.25, 0.3) is 0 Å². The van der Waals surface area contributed by atoms with E-state index in [0.29, 0.717) is 20.6 Å². The number of carbonyl (C=O) groups is 2. The molecular formula is C24H29Cl4N3O4S. The SMILES string of the molecule is CCC(C(=O)NC(C)(C)C)N(Cc1ccc(Cl)cc1Cl)C(=O)CN(c1ccc(Cl)cc1Cl)S(C)(=O)=O. The van der Waals surface area contributed by atoms with Gasteiger partial charge in [-0.15, -0.1) is 0 Å². The van der Waals surface area contributed by atoms with Gasteiger partial charge in [-0.1, -0.05) is 59.4 Å². The van der Waals surface area contributed by atoms with Crippen molar-refractivity contribution in [2.75, 3.05) is 17.1 Å². The molecule has 0 aliphatic heterocycles. The molecule has 0 saturated carbocycles. The van der Waals surface area contributed by atoms with Crippen LogP contribution in [0.15, 0.2) is 36.4 Å². The highest BCUT2D eigenvalue weighted by atomic mass is 35.5. The lowest BCUT2D eigenvalue weighted by molar-refractivity contribution is -0.141. The van der Waals surface area contributed by atoms with Crippen LogP contribution in [0, 0.1) is 0 Å². The average molecular weight is 597 g/mol. The maximum atomic E-state index is 13.7. The predicted molar refractivity (Wildman–Crippen MR) is 148 cm³/mol. The van der Waals surface area contributed by atoms with Crippen LogP contribution in [0.25, 0.3) is 0 Å². The van der Waals surface area contributed by atoms with Crippen molar-refractivity contribution in [2.45, 2.75) is 52.2 Å². The van der Waals surface area contributed by atoms with Crippen LogP contribution in [-0.4, -0.2) is 49.5 Å². The van der Waals surface area contributed by atoms with E-state index < -0.39 is 34.1 Å². The van der Waals surface area contributed by atoms with E-state index in [1.54, 1.807) is 19.1 Å². The Hall–Kier alpha value is -1.71. The Labute approximate surface area is 232 Å².